The largest absolute Gasteiger partial charge is 0.309 e. The average Bonchev–Trinajstić information content (AvgIpc) is 1.43. The monoisotopic (exact) mass is 1380 g/mol. The van der Waals surface area contributed by atoms with E-state index in [-0.39, 0.29) is 16.2 Å². The Morgan fingerprint density at radius 2 is 0.444 bits per heavy atom. The van der Waals surface area contributed by atoms with Crippen LogP contribution in [0.3, 0.4) is 0 Å². The molecule has 15 aromatic carbocycles. The summed E-state index contributed by atoms with van der Waals surface area (Å²) in [6.45, 7) is 14.2. The SMILES string of the molecule is CC1(C)c2ccccc2-c2ccc(-c3ccc4c5ccccc5n(-c5ccc(-c6cc(-c7ccc(-n8c9ccccc9c9ccc(-c%10ccc%11c(c%10)C(C)(C)c%10ccccc%10-%11)cc98)cc7)nc(-c7ccc(-n8c9ccccc9c9ccc(-c%10ccc%11c(c%10)C(C)(C)c%10ccccc%10-%11)cc98)cc7)n6)cc5)c4c3)cc21. The number of rotatable bonds is 9. The van der Waals surface area contributed by atoms with Crippen LogP contribution in [0.25, 0.3) is 183 Å². The minimum atomic E-state index is -0.101. The molecule has 0 aliphatic heterocycles. The van der Waals surface area contributed by atoms with Crippen LogP contribution in [0, 0.1) is 0 Å². The fourth-order valence-corrected chi connectivity index (χ4v) is 19.1. The van der Waals surface area contributed by atoms with E-state index in [2.05, 4.69) is 389 Å². The zero-order valence-electron chi connectivity index (χ0n) is 61.0. The predicted molar refractivity (Wildman–Crippen MR) is 450 cm³/mol. The molecule has 0 saturated heterocycles. The van der Waals surface area contributed by atoms with Crippen molar-refractivity contribution in [2.24, 2.45) is 0 Å². The highest BCUT2D eigenvalue weighted by atomic mass is 15.0. The van der Waals surface area contributed by atoms with Gasteiger partial charge in [0, 0.05) is 82.3 Å². The molecule has 0 radical (unpaired) electrons. The molecule has 0 N–H and O–H groups in total. The standard InChI is InChI=1S/C103H73N5/c1-101(2)86-25-13-7-19-74(86)77-49-37-65(55-89(77)101)68-40-52-83-80-22-10-16-28-94(80)106(97(83)58-68)71-43-31-62(32-44-71)92-61-93(63-33-45-72(46-34-63)107-95-29-17-11-23-81(95)84-53-41-69(59-98(84)107)66-38-50-78-75-20-8-14-26-87(75)102(3,4)90(78)56-66)105-100(104-92)64-35-47-73(48-36-64)108-96-30-18-12-24-82(96)85-54-42-70(60-99(85)108)67-39-51-79-76-21-9-15-27-88(76)103(5,6)91(79)57-67/h7-61H,1-6H3. The molecule has 4 heterocycles. The van der Waals surface area contributed by atoms with E-state index in [9.17, 15) is 0 Å². The molecule has 0 saturated carbocycles. The maximum Gasteiger partial charge on any atom is 0.160 e. The van der Waals surface area contributed by atoms with Gasteiger partial charge in [0.15, 0.2) is 5.82 Å². The van der Waals surface area contributed by atoms with Crippen LogP contribution in [0.15, 0.2) is 334 Å². The average molecular weight is 1380 g/mol. The zero-order valence-corrected chi connectivity index (χ0v) is 61.0. The van der Waals surface area contributed by atoms with Crippen LogP contribution in [0.2, 0.25) is 0 Å². The van der Waals surface area contributed by atoms with E-state index in [1.165, 1.54) is 132 Å². The number of fused-ring (bicyclic) bond motifs is 18. The van der Waals surface area contributed by atoms with E-state index in [0.29, 0.717) is 5.82 Å². The molecular weight excluding hydrogens is 1310 g/mol. The fraction of sp³-hybridized carbons (Fsp3) is 0.0874. The summed E-state index contributed by atoms with van der Waals surface area (Å²) in [5, 5.41) is 7.31. The van der Waals surface area contributed by atoms with Crippen molar-refractivity contribution in [3.8, 4) is 118 Å². The first-order valence-corrected chi connectivity index (χ1v) is 37.8. The predicted octanol–water partition coefficient (Wildman–Crippen LogP) is 26.7. The second-order valence-electron chi connectivity index (χ2n) is 31.6. The molecule has 510 valence electrons. The number of para-hydroxylation sites is 3. The van der Waals surface area contributed by atoms with Crippen molar-refractivity contribution in [1.29, 1.82) is 0 Å². The van der Waals surface area contributed by atoms with Gasteiger partial charge in [0.1, 0.15) is 0 Å². The summed E-state index contributed by atoms with van der Waals surface area (Å²) in [6, 6.07) is 124. The summed E-state index contributed by atoms with van der Waals surface area (Å²) in [6.07, 6.45) is 0. The molecule has 19 aromatic rings. The molecule has 108 heavy (non-hydrogen) atoms. The van der Waals surface area contributed by atoms with E-state index in [1.807, 2.05) is 0 Å². The molecule has 0 unspecified atom stereocenters. The summed E-state index contributed by atoms with van der Waals surface area (Å²) < 4.78 is 7.29. The van der Waals surface area contributed by atoms with Crippen molar-refractivity contribution in [2.75, 3.05) is 0 Å². The third-order valence-electron chi connectivity index (χ3n) is 24.7. The van der Waals surface area contributed by atoms with Crippen molar-refractivity contribution < 1.29 is 0 Å². The highest BCUT2D eigenvalue weighted by Crippen LogP contribution is 2.54. The number of aromatic nitrogens is 5. The third-order valence-corrected chi connectivity index (χ3v) is 24.7. The third kappa shape index (κ3) is 9.12. The summed E-state index contributed by atoms with van der Waals surface area (Å²) in [5.41, 5.74) is 37.9. The molecule has 0 atom stereocenters. The van der Waals surface area contributed by atoms with Crippen LogP contribution < -0.4 is 0 Å². The molecule has 0 amide bonds. The Labute approximate surface area is 627 Å². The minimum Gasteiger partial charge on any atom is -0.309 e. The molecule has 3 aliphatic carbocycles. The second kappa shape index (κ2) is 22.9. The molecule has 3 aliphatic rings. The molecule has 4 aromatic heterocycles. The molecule has 0 fully saturated rings. The van der Waals surface area contributed by atoms with Gasteiger partial charge >= 0.3 is 0 Å². The second-order valence-corrected chi connectivity index (χ2v) is 31.6. The van der Waals surface area contributed by atoms with Crippen LogP contribution in [-0.4, -0.2) is 23.7 Å². The minimum absolute atomic E-state index is 0.0999. The smallest absolute Gasteiger partial charge is 0.160 e. The van der Waals surface area contributed by atoms with Crippen molar-refractivity contribution in [3.63, 3.8) is 0 Å². The van der Waals surface area contributed by atoms with Gasteiger partial charge in [-0.15, -0.1) is 0 Å². The Bertz CT molecular complexity index is 6370. The molecule has 5 nitrogen and oxygen atoms in total. The fourth-order valence-electron chi connectivity index (χ4n) is 19.1. The first-order chi connectivity index (χ1) is 52.8. The van der Waals surface area contributed by atoms with Gasteiger partial charge in [0.2, 0.25) is 0 Å². The molecule has 0 spiro atoms. The van der Waals surface area contributed by atoms with Crippen LogP contribution in [0.1, 0.15) is 74.9 Å². The van der Waals surface area contributed by atoms with Crippen molar-refractivity contribution in [1.82, 2.24) is 23.7 Å². The van der Waals surface area contributed by atoms with E-state index in [4.69, 9.17) is 9.97 Å². The van der Waals surface area contributed by atoms with Gasteiger partial charge in [-0.05, 0) is 209 Å². The van der Waals surface area contributed by atoms with E-state index in [0.717, 1.165) is 78.2 Å². The van der Waals surface area contributed by atoms with E-state index in [1.54, 1.807) is 0 Å². The topological polar surface area (TPSA) is 40.6 Å². The summed E-state index contributed by atoms with van der Waals surface area (Å²) in [7, 11) is 0. The van der Waals surface area contributed by atoms with Crippen molar-refractivity contribution in [3.05, 3.63) is 367 Å². The van der Waals surface area contributed by atoms with Gasteiger partial charge in [0.25, 0.3) is 0 Å². The number of benzene rings is 15. The van der Waals surface area contributed by atoms with Crippen LogP contribution in [0.5, 0.6) is 0 Å². The lowest BCUT2D eigenvalue weighted by Crippen LogP contribution is -2.14. The summed E-state index contributed by atoms with van der Waals surface area (Å²) in [5.74, 6) is 0.649. The number of hydrogen-bond donors (Lipinski definition) is 0. The lowest BCUT2D eigenvalue weighted by molar-refractivity contribution is 0.660. The Hall–Kier alpha value is -13.2. The number of nitrogens with zero attached hydrogens (tertiary/aromatic N) is 5. The van der Waals surface area contributed by atoms with Gasteiger partial charge in [-0.2, -0.15) is 0 Å². The van der Waals surface area contributed by atoms with E-state index >= 15 is 0 Å². The highest BCUT2D eigenvalue weighted by Gasteiger charge is 2.38. The Kier molecular flexibility index (Phi) is 13.2. The lowest BCUT2D eigenvalue weighted by Gasteiger charge is -2.22. The first-order valence-electron chi connectivity index (χ1n) is 37.8. The first kappa shape index (κ1) is 62.2. The van der Waals surface area contributed by atoms with E-state index < -0.39 is 0 Å². The number of hydrogen-bond acceptors (Lipinski definition) is 2. The molecule has 5 heteroatoms. The van der Waals surface area contributed by atoms with Gasteiger partial charge in [-0.25, -0.2) is 9.97 Å². The Balaban J connectivity index is 0.653. The lowest BCUT2D eigenvalue weighted by atomic mass is 9.81. The molecule has 22 rings (SSSR count). The quantitative estimate of drug-likeness (QED) is 0.144. The van der Waals surface area contributed by atoms with Crippen molar-refractivity contribution >= 4 is 65.4 Å². The maximum atomic E-state index is 5.54. The molecular formula is C103H73N5. The van der Waals surface area contributed by atoms with Gasteiger partial charge in [0.05, 0.1) is 44.5 Å². The van der Waals surface area contributed by atoms with Gasteiger partial charge in [-0.3, -0.25) is 0 Å². The maximum absolute atomic E-state index is 5.54. The Morgan fingerprint density at radius 1 is 0.194 bits per heavy atom. The van der Waals surface area contributed by atoms with Crippen LogP contribution in [0.4, 0.5) is 0 Å². The Morgan fingerprint density at radius 3 is 0.778 bits per heavy atom. The summed E-state index contributed by atoms with van der Waals surface area (Å²) in [4.78, 5) is 11.1. The van der Waals surface area contributed by atoms with Gasteiger partial charge < -0.3 is 13.7 Å². The molecule has 0 bridgehead atoms. The van der Waals surface area contributed by atoms with Crippen molar-refractivity contribution in [2.45, 2.75) is 57.8 Å². The van der Waals surface area contributed by atoms with Crippen LogP contribution >= 0.6 is 0 Å². The van der Waals surface area contributed by atoms with Gasteiger partial charge in [-0.1, -0.05) is 266 Å². The summed E-state index contributed by atoms with van der Waals surface area (Å²) >= 11 is 0. The van der Waals surface area contributed by atoms with Crippen LogP contribution in [-0.2, 0) is 16.2 Å². The highest BCUT2D eigenvalue weighted by molar-refractivity contribution is 6.13. The zero-order chi connectivity index (χ0) is 72.1. The normalized spacial score (nSPS) is 14.1.